The lowest BCUT2D eigenvalue weighted by Crippen LogP contribution is -2.23. The molecule has 0 N–H and O–H groups in total. The zero-order valence-corrected chi connectivity index (χ0v) is 11.2. The van der Waals surface area contributed by atoms with Gasteiger partial charge in [-0.1, -0.05) is 15.9 Å². The molecule has 1 atom stereocenters. The number of carbonyl (C=O) groups excluding carboxylic acids is 1. The zero-order chi connectivity index (χ0) is 14.6. The summed E-state index contributed by atoms with van der Waals surface area (Å²) in [5, 5.41) is 0. The molecule has 1 aromatic carbocycles. The summed E-state index contributed by atoms with van der Waals surface area (Å²) in [5.41, 5.74) is -1.42. The van der Waals surface area contributed by atoms with E-state index in [1.807, 2.05) is 0 Å². The molecule has 0 bridgehead atoms. The van der Waals surface area contributed by atoms with E-state index < -0.39 is 28.4 Å². The van der Waals surface area contributed by atoms with Crippen molar-refractivity contribution in [2.45, 2.75) is 11.0 Å². The van der Waals surface area contributed by atoms with Crippen molar-refractivity contribution in [1.29, 1.82) is 0 Å². The third-order valence-corrected chi connectivity index (χ3v) is 2.73. The van der Waals surface area contributed by atoms with Gasteiger partial charge in [0, 0.05) is 0 Å². The molecule has 0 aliphatic heterocycles. The molecule has 1 aromatic rings. The van der Waals surface area contributed by atoms with Gasteiger partial charge >= 0.3 is 12.1 Å². The van der Waals surface area contributed by atoms with Crippen LogP contribution in [0.2, 0.25) is 0 Å². The fourth-order valence-electron chi connectivity index (χ4n) is 1.18. The third kappa shape index (κ3) is 4.38. The van der Waals surface area contributed by atoms with Crippen LogP contribution in [0.1, 0.15) is 5.56 Å². The predicted molar refractivity (Wildman–Crippen MR) is 61.6 cm³/mol. The second-order valence-corrected chi connectivity index (χ2v) is 4.55. The molecule has 0 radical (unpaired) electrons. The number of halogens is 5. The fourth-order valence-corrected chi connectivity index (χ4v) is 1.50. The Morgan fingerprint density at radius 1 is 1.42 bits per heavy atom. The molecule has 106 valence electrons. The summed E-state index contributed by atoms with van der Waals surface area (Å²) in [5.74, 6) is -2.21. The van der Waals surface area contributed by atoms with E-state index in [9.17, 15) is 22.4 Å². The van der Waals surface area contributed by atoms with Crippen LogP contribution in [0, 0.1) is 5.82 Å². The molecule has 0 aliphatic carbocycles. The number of hydrogen-bond acceptors (Lipinski definition) is 3. The molecule has 0 aromatic heterocycles. The third-order valence-electron chi connectivity index (χ3n) is 2.10. The van der Waals surface area contributed by atoms with Crippen LogP contribution >= 0.6 is 15.9 Å². The van der Waals surface area contributed by atoms with Crippen LogP contribution in [0.5, 0.6) is 5.75 Å². The highest BCUT2D eigenvalue weighted by molar-refractivity contribution is 9.10. The van der Waals surface area contributed by atoms with E-state index in [0.717, 1.165) is 13.2 Å². The minimum absolute atomic E-state index is 0.193. The quantitative estimate of drug-likeness (QED) is 0.478. The fraction of sp³-hybridized carbons (Fsp3) is 0.364. The summed E-state index contributed by atoms with van der Waals surface area (Å²) in [6, 6.07) is 2.23. The van der Waals surface area contributed by atoms with Gasteiger partial charge in [0.2, 0.25) is 0 Å². The van der Waals surface area contributed by atoms with E-state index in [1.165, 1.54) is 0 Å². The smallest absolute Gasteiger partial charge is 0.419 e. The molecule has 0 fully saturated rings. The summed E-state index contributed by atoms with van der Waals surface area (Å²) in [7, 11) is 1.16. The summed E-state index contributed by atoms with van der Waals surface area (Å²) >= 11 is 2.94. The van der Waals surface area contributed by atoms with Crippen LogP contribution in [0.3, 0.4) is 0 Å². The van der Waals surface area contributed by atoms with E-state index in [2.05, 4.69) is 20.7 Å². The van der Waals surface area contributed by atoms with Gasteiger partial charge in [0.05, 0.1) is 12.7 Å². The molecule has 0 saturated carbocycles. The Bertz CT molecular complexity index is 462. The first-order valence-corrected chi connectivity index (χ1v) is 5.88. The van der Waals surface area contributed by atoms with Gasteiger partial charge in [-0.2, -0.15) is 13.2 Å². The number of alkyl halides is 4. The molecular weight excluding hydrogens is 336 g/mol. The second kappa shape index (κ2) is 6.23. The average molecular weight is 345 g/mol. The first-order chi connectivity index (χ1) is 8.75. The van der Waals surface area contributed by atoms with Gasteiger partial charge in [0.1, 0.15) is 23.0 Å². The van der Waals surface area contributed by atoms with E-state index in [4.69, 9.17) is 4.74 Å². The van der Waals surface area contributed by atoms with Crippen LogP contribution in [0.25, 0.3) is 0 Å². The Hall–Kier alpha value is -1.31. The van der Waals surface area contributed by atoms with Crippen molar-refractivity contribution < 1.29 is 31.8 Å². The highest BCUT2D eigenvalue weighted by atomic mass is 79.9. The summed E-state index contributed by atoms with van der Waals surface area (Å²) in [4.78, 5) is 10.2. The lowest BCUT2D eigenvalue weighted by atomic mass is 10.2. The Balaban J connectivity index is 2.78. The van der Waals surface area contributed by atoms with Gasteiger partial charge in [-0.25, -0.2) is 4.39 Å². The molecule has 0 saturated heterocycles. The monoisotopic (exact) mass is 344 g/mol. The number of hydrogen-bond donors (Lipinski definition) is 0. The van der Waals surface area contributed by atoms with Crippen molar-refractivity contribution in [3.05, 3.63) is 29.6 Å². The number of ether oxygens (including phenoxy) is 2. The average Bonchev–Trinajstić information content (AvgIpc) is 2.35. The SMILES string of the molecule is COC(=O)C(Br)COc1ccc(F)c(C(F)(F)F)c1. The van der Waals surface area contributed by atoms with E-state index in [-0.39, 0.29) is 12.4 Å². The van der Waals surface area contributed by atoms with Crippen LogP contribution in [0.4, 0.5) is 17.6 Å². The van der Waals surface area contributed by atoms with E-state index >= 15 is 0 Å². The van der Waals surface area contributed by atoms with Crippen molar-refractivity contribution in [1.82, 2.24) is 0 Å². The molecule has 8 heteroatoms. The standard InChI is InChI=1S/C11H9BrF4O3/c1-18-10(17)8(12)5-19-6-2-3-9(13)7(4-6)11(14,15)16/h2-4,8H,5H2,1H3. The second-order valence-electron chi connectivity index (χ2n) is 3.44. The normalized spacial score (nSPS) is 12.9. The van der Waals surface area contributed by atoms with Crippen molar-refractivity contribution in [2.75, 3.05) is 13.7 Å². The molecule has 1 rings (SSSR count). The van der Waals surface area contributed by atoms with Crippen LogP contribution in [-0.2, 0) is 15.7 Å². The van der Waals surface area contributed by atoms with Gasteiger partial charge in [0.15, 0.2) is 0 Å². The summed E-state index contributed by atoms with van der Waals surface area (Å²) < 4.78 is 59.6. The van der Waals surface area contributed by atoms with Crippen molar-refractivity contribution in [3.8, 4) is 5.75 Å². The molecule has 3 nitrogen and oxygen atoms in total. The Kier molecular flexibility index (Phi) is 5.16. The van der Waals surface area contributed by atoms with Crippen molar-refractivity contribution in [2.24, 2.45) is 0 Å². The predicted octanol–water partition coefficient (Wildman–Crippen LogP) is 3.16. The van der Waals surface area contributed by atoms with Crippen LogP contribution in [-0.4, -0.2) is 24.5 Å². The minimum atomic E-state index is -4.81. The first kappa shape index (κ1) is 15.7. The molecule has 0 aliphatic rings. The zero-order valence-electron chi connectivity index (χ0n) is 9.63. The molecule has 19 heavy (non-hydrogen) atoms. The molecule has 0 amide bonds. The largest absolute Gasteiger partial charge is 0.492 e. The number of benzene rings is 1. The lowest BCUT2D eigenvalue weighted by Gasteiger charge is -2.12. The number of methoxy groups -OCH3 is 1. The van der Waals surface area contributed by atoms with Gasteiger partial charge in [0.25, 0.3) is 0 Å². The highest BCUT2D eigenvalue weighted by Gasteiger charge is 2.34. The Labute approximate surface area is 114 Å². The van der Waals surface area contributed by atoms with Gasteiger partial charge in [-0.3, -0.25) is 4.79 Å². The highest BCUT2D eigenvalue weighted by Crippen LogP contribution is 2.33. The Morgan fingerprint density at radius 2 is 2.05 bits per heavy atom. The van der Waals surface area contributed by atoms with Crippen molar-refractivity contribution in [3.63, 3.8) is 0 Å². The molecule has 0 spiro atoms. The summed E-state index contributed by atoms with van der Waals surface area (Å²) in [6.45, 7) is -0.240. The van der Waals surface area contributed by atoms with Gasteiger partial charge < -0.3 is 9.47 Å². The van der Waals surface area contributed by atoms with E-state index in [0.29, 0.717) is 12.1 Å². The van der Waals surface area contributed by atoms with Crippen LogP contribution < -0.4 is 4.74 Å². The van der Waals surface area contributed by atoms with E-state index in [1.54, 1.807) is 0 Å². The molecular formula is C11H9BrF4O3. The molecule has 1 unspecified atom stereocenters. The van der Waals surface area contributed by atoms with Crippen molar-refractivity contribution >= 4 is 21.9 Å². The maximum absolute atomic E-state index is 13.0. The number of rotatable bonds is 4. The number of esters is 1. The first-order valence-electron chi connectivity index (χ1n) is 4.97. The summed E-state index contributed by atoms with van der Waals surface area (Å²) in [6.07, 6.45) is -4.81. The lowest BCUT2D eigenvalue weighted by molar-refractivity contribution is -0.141. The Morgan fingerprint density at radius 3 is 2.58 bits per heavy atom. The maximum Gasteiger partial charge on any atom is 0.419 e. The van der Waals surface area contributed by atoms with Gasteiger partial charge in [-0.05, 0) is 18.2 Å². The minimum Gasteiger partial charge on any atom is -0.492 e. The van der Waals surface area contributed by atoms with Gasteiger partial charge in [-0.15, -0.1) is 0 Å². The topological polar surface area (TPSA) is 35.5 Å². The maximum atomic E-state index is 13.0. The number of carbonyl (C=O) groups is 1. The van der Waals surface area contributed by atoms with Crippen LogP contribution in [0.15, 0.2) is 18.2 Å². The molecule has 0 heterocycles.